The fraction of sp³-hybridized carbons (Fsp3) is 0.533. The number of aromatic nitrogens is 3. The van der Waals surface area contributed by atoms with Gasteiger partial charge in [0.25, 0.3) is 0 Å². The Morgan fingerprint density at radius 2 is 2.43 bits per heavy atom. The summed E-state index contributed by atoms with van der Waals surface area (Å²) in [5.74, 6) is 0.00533. The van der Waals surface area contributed by atoms with Gasteiger partial charge < -0.3 is 4.90 Å². The lowest BCUT2D eigenvalue weighted by Crippen LogP contribution is -2.41. The van der Waals surface area contributed by atoms with Gasteiger partial charge in [-0.3, -0.25) is 14.8 Å². The number of nitrogens with one attached hydrogen (secondary N) is 1. The van der Waals surface area contributed by atoms with E-state index in [0.717, 1.165) is 10.7 Å². The van der Waals surface area contributed by atoms with Crippen molar-refractivity contribution < 1.29 is 9.18 Å². The van der Waals surface area contributed by atoms with Gasteiger partial charge in [-0.1, -0.05) is 0 Å². The highest BCUT2D eigenvalue weighted by atomic mass is 32.1. The number of likely N-dealkylation sites (N-methyl/N-ethyl adjacent to an activating group) is 1. The number of amides is 1. The topological polar surface area (TPSA) is 65.1 Å². The SMILES string of the molecule is CN(C[C@@H]1C[C@H](F)CN1Cc1nccs1)C(=O)Cc1ccn[nH]1. The number of likely N-dealkylation sites (tertiary alicyclic amines) is 1. The molecule has 3 rings (SSSR count). The van der Waals surface area contributed by atoms with Crippen molar-refractivity contribution in [1.29, 1.82) is 0 Å². The minimum Gasteiger partial charge on any atom is -0.344 e. The molecule has 0 radical (unpaired) electrons. The van der Waals surface area contributed by atoms with Gasteiger partial charge >= 0.3 is 0 Å². The normalized spacial score (nSPS) is 21.7. The fourth-order valence-corrected chi connectivity index (χ4v) is 3.55. The predicted octanol–water partition coefficient (Wildman–Crippen LogP) is 1.48. The van der Waals surface area contributed by atoms with Crippen LogP contribution >= 0.6 is 11.3 Å². The first kappa shape index (κ1) is 16.1. The van der Waals surface area contributed by atoms with Crippen molar-refractivity contribution >= 4 is 17.2 Å². The van der Waals surface area contributed by atoms with Crippen LogP contribution in [0.4, 0.5) is 4.39 Å². The molecule has 0 spiro atoms. The zero-order chi connectivity index (χ0) is 16.2. The first-order valence-electron chi connectivity index (χ1n) is 7.60. The first-order valence-corrected chi connectivity index (χ1v) is 8.48. The van der Waals surface area contributed by atoms with Crippen molar-refractivity contribution in [2.45, 2.75) is 31.6 Å². The number of carbonyl (C=O) groups excluding carboxylic acids is 1. The third kappa shape index (κ3) is 4.14. The van der Waals surface area contributed by atoms with Crippen LogP contribution < -0.4 is 0 Å². The van der Waals surface area contributed by atoms with Crippen LogP contribution in [-0.2, 0) is 17.8 Å². The maximum absolute atomic E-state index is 13.8. The second-order valence-corrected chi connectivity index (χ2v) is 6.85. The number of hydrogen-bond acceptors (Lipinski definition) is 5. The Morgan fingerprint density at radius 3 is 3.13 bits per heavy atom. The molecule has 0 aromatic carbocycles. The van der Waals surface area contributed by atoms with Crippen molar-refractivity contribution in [2.24, 2.45) is 0 Å². The van der Waals surface area contributed by atoms with Crippen molar-refractivity contribution in [3.05, 3.63) is 34.5 Å². The molecule has 1 fully saturated rings. The van der Waals surface area contributed by atoms with Crippen LogP contribution in [0.5, 0.6) is 0 Å². The average Bonchev–Trinajstić information content (AvgIpc) is 3.23. The van der Waals surface area contributed by atoms with Gasteiger partial charge in [0.05, 0.1) is 13.0 Å². The van der Waals surface area contributed by atoms with E-state index in [-0.39, 0.29) is 18.4 Å². The summed E-state index contributed by atoms with van der Waals surface area (Å²) in [5, 5.41) is 9.54. The number of H-pyrrole nitrogens is 1. The van der Waals surface area contributed by atoms with Crippen LogP contribution in [0.15, 0.2) is 23.8 Å². The Balaban J connectivity index is 1.57. The largest absolute Gasteiger partial charge is 0.344 e. The smallest absolute Gasteiger partial charge is 0.228 e. The molecule has 3 heterocycles. The molecule has 23 heavy (non-hydrogen) atoms. The maximum Gasteiger partial charge on any atom is 0.228 e. The summed E-state index contributed by atoms with van der Waals surface area (Å²) >= 11 is 1.57. The van der Waals surface area contributed by atoms with Gasteiger partial charge in [0.15, 0.2) is 0 Å². The predicted molar refractivity (Wildman–Crippen MR) is 85.8 cm³/mol. The summed E-state index contributed by atoms with van der Waals surface area (Å²) < 4.78 is 13.8. The molecule has 2 aromatic rings. The third-order valence-electron chi connectivity index (χ3n) is 4.11. The van der Waals surface area contributed by atoms with Crippen molar-refractivity contribution in [2.75, 3.05) is 20.1 Å². The zero-order valence-electron chi connectivity index (χ0n) is 13.0. The number of rotatable bonds is 6. The average molecular weight is 337 g/mol. The van der Waals surface area contributed by atoms with Gasteiger partial charge in [0, 0.05) is 49.6 Å². The van der Waals surface area contributed by atoms with Gasteiger partial charge in [-0.05, 0) is 12.5 Å². The fourth-order valence-electron chi connectivity index (χ4n) is 2.91. The molecule has 8 heteroatoms. The number of halogens is 1. The van der Waals surface area contributed by atoms with E-state index in [2.05, 4.69) is 20.1 Å². The van der Waals surface area contributed by atoms with E-state index in [0.29, 0.717) is 26.1 Å². The number of aromatic amines is 1. The zero-order valence-corrected chi connectivity index (χ0v) is 13.8. The highest BCUT2D eigenvalue weighted by molar-refractivity contribution is 7.09. The molecular weight excluding hydrogens is 317 g/mol. The van der Waals surface area contributed by atoms with Crippen LogP contribution in [0.2, 0.25) is 0 Å². The first-order chi connectivity index (χ1) is 11.1. The summed E-state index contributed by atoms with van der Waals surface area (Å²) in [4.78, 5) is 20.3. The van der Waals surface area contributed by atoms with E-state index >= 15 is 0 Å². The van der Waals surface area contributed by atoms with E-state index < -0.39 is 6.17 Å². The minimum absolute atomic E-state index is 0.00533. The number of thiazole rings is 1. The summed E-state index contributed by atoms with van der Waals surface area (Å²) in [6.07, 6.45) is 3.30. The van der Waals surface area contributed by atoms with Crippen molar-refractivity contribution in [3.8, 4) is 0 Å². The molecule has 2 atom stereocenters. The summed E-state index contributed by atoms with van der Waals surface area (Å²) in [7, 11) is 1.77. The van der Waals surface area contributed by atoms with E-state index in [9.17, 15) is 9.18 Å². The van der Waals surface area contributed by atoms with Gasteiger partial charge in [-0.2, -0.15) is 5.10 Å². The molecule has 2 aromatic heterocycles. The van der Waals surface area contributed by atoms with Gasteiger partial charge in [-0.25, -0.2) is 9.37 Å². The van der Waals surface area contributed by atoms with Gasteiger partial charge in [-0.15, -0.1) is 11.3 Å². The quantitative estimate of drug-likeness (QED) is 0.867. The molecule has 6 nitrogen and oxygen atoms in total. The maximum atomic E-state index is 13.8. The second-order valence-electron chi connectivity index (χ2n) is 5.88. The molecule has 1 amide bonds. The van der Waals surface area contributed by atoms with Crippen molar-refractivity contribution in [3.63, 3.8) is 0 Å². The molecular formula is C15H20FN5OS. The Bertz CT molecular complexity index is 618. The van der Waals surface area contributed by atoms with Crippen molar-refractivity contribution in [1.82, 2.24) is 25.0 Å². The molecule has 0 saturated carbocycles. The standard InChI is InChI=1S/C15H20FN5OS/c1-20(15(22)7-12-2-3-18-19-12)9-13-6-11(16)8-21(13)10-14-17-4-5-23-14/h2-5,11,13H,6-10H2,1H3,(H,18,19)/t11-,13-/m0/s1. The van der Waals surface area contributed by atoms with Crippen LogP contribution in [-0.4, -0.2) is 63.2 Å². The highest BCUT2D eigenvalue weighted by Crippen LogP contribution is 2.24. The lowest BCUT2D eigenvalue weighted by atomic mass is 10.2. The minimum atomic E-state index is -0.837. The van der Waals surface area contributed by atoms with Crippen LogP contribution in [0.1, 0.15) is 17.1 Å². The lowest BCUT2D eigenvalue weighted by Gasteiger charge is -2.27. The Morgan fingerprint density at radius 1 is 1.57 bits per heavy atom. The molecule has 0 aliphatic carbocycles. The van der Waals surface area contributed by atoms with Crippen LogP contribution in [0.25, 0.3) is 0 Å². The van der Waals surface area contributed by atoms with Crippen LogP contribution in [0, 0.1) is 0 Å². The lowest BCUT2D eigenvalue weighted by molar-refractivity contribution is -0.129. The molecule has 1 N–H and O–H groups in total. The monoisotopic (exact) mass is 337 g/mol. The number of alkyl halides is 1. The van der Waals surface area contributed by atoms with E-state index in [1.54, 1.807) is 41.7 Å². The molecule has 1 aliphatic heterocycles. The van der Waals surface area contributed by atoms with E-state index in [1.165, 1.54) is 0 Å². The molecule has 124 valence electrons. The molecule has 0 bridgehead atoms. The summed E-state index contributed by atoms with van der Waals surface area (Å²) in [6, 6.07) is 1.82. The third-order valence-corrected chi connectivity index (χ3v) is 4.87. The van der Waals surface area contributed by atoms with E-state index in [4.69, 9.17) is 0 Å². The molecule has 1 aliphatic rings. The van der Waals surface area contributed by atoms with E-state index in [1.807, 2.05) is 5.38 Å². The number of hydrogen-bond donors (Lipinski definition) is 1. The Labute approximate surface area is 138 Å². The molecule has 0 unspecified atom stereocenters. The molecule has 1 saturated heterocycles. The highest BCUT2D eigenvalue weighted by Gasteiger charge is 2.33. The number of nitrogens with zero attached hydrogens (tertiary/aromatic N) is 4. The van der Waals surface area contributed by atoms with Gasteiger partial charge in [0.2, 0.25) is 5.91 Å². The Hall–Kier alpha value is -1.80. The van der Waals surface area contributed by atoms with Crippen LogP contribution in [0.3, 0.4) is 0 Å². The van der Waals surface area contributed by atoms with Gasteiger partial charge in [0.1, 0.15) is 11.2 Å². The Kier molecular flexibility index (Phi) is 5.02. The summed E-state index contributed by atoms with van der Waals surface area (Å²) in [6.45, 7) is 1.58. The second kappa shape index (κ2) is 7.18. The number of carbonyl (C=O) groups is 1. The summed E-state index contributed by atoms with van der Waals surface area (Å²) in [5.41, 5.74) is 0.788.